The highest BCUT2D eigenvalue weighted by molar-refractivity contribution is 4.97. The van der Waals surface area contributed by atoms with Crippen molar-refractivity contribution in [3.8, 4) is 0 Å². The Labute approximate surface area is 116 Å². The summed E-state index contributed by atoms with van der Waals surface area (Å²) in [6.45, 7) is 8.55. The largest absolute Gasteiger partial charge is 0.378 e. The van der Waals surface area contributed by atoms with Crippen molar-refractivity contribution in [2.45, 2.75) is 52.2 Å². The Bertz CT molecular complexity index is 402. The molecule has 2 rings (SSSR count). The van der Waals surface area contributed by atoms with Crippen molar-refractivity contribution in [3.05, 3.63) is 18.2 Å². The van der Waals surface area contributed by atoms with E-state index < -0.39 is 0 Å². The zero-order chi connectivity index (χ0) is 13.9. The van der Waals surface area contributed by atoms with Gasteiger partial charge in [0.05, 0.1) is 6.10 Å². The lowest BCUT2D eigenvalue weighted by Gasteiger charge is -2.33. The number of hydrogen-bond acceptors (Lipinski definition) is 3. The Hall–Kier alpha value is -0.870. The molecule has 4 heteroatoms. The topological polar surface area (TPSA) is 39.1 Å². The fraction of sp³-hybridized carbons (Fsp3) is 0.800. The van der Waals surface area contributed by atoms with E-state index >= 15 is 0 Å². The SMILES string of the molecule is CC(C)NCC1(CCc2nccn2C)CCOC1C. The first kappa shape index (κ1) is 14.5. The highest BCUT2D eigenvalue weighted by Crippen LogP contribution is 2.38. The molecule has 2 unspecified atom stereocenters. The van der Waals surface area contributed by atoms with Gasteiger partial charge in [-0.3, -0.25) is 0 Å². The summed E-state index contributed by atoms with van der Waals surface area (Å²) in [6.07, 6.45) is 7.54. The third kappa shape index (κ3) is 3.37. The molecule has 4 nitrogen and oxygen atoms in total. The Balaban J connectivity index is 2.00. The summed E-state index contributed by atoms with van der Waals surface area (Å²) in [5.41, 5.74) is 0.260. The summed E-state index contributed by atoms with van der Waals surface area (Å²) in [6, 6.07) is 0.526. The van der Waals surface area contributed by atoms with E-state index in [1.807, 2.05) is 12.4 Å². The van der Waals surface area contributed by atoms with Crippen LogP contribution in [0.2, 0.25) is 0 Å². The second-order valence-corrected chi connectivity index (χ2v) is 6.12. The van der Waals surface area contributed by atoms with Crippen LogP contribution in [0.1, 0.15) is 39.4 Å². The third-order valence-corrected chi connectivity index (χ3v) is 4.46. The van der Waals surface area contributed by atoms with Crippen LogP contribution in [0.3, 0.4) is 0 Å². The first-order valence-electron chi connectivity index (χ1n) is 7.35. The molecule has 0 saturated carbocycles. The lowest BCUT2D eigenvalue weighted by atomic mass is 9.77. The third-order valence-electron chi connectivity index (χ3n) is 4.46. The molecule has 1 N–H and O–H groups in total. The van der Waals surface area contributed by atoms with Gasteiger partial charge in [-0.15, -0.1) is 0 Å². The predicted octanol–water partition coefficient (Wildman–Crippen LogP) is 2.15. The summed E-state index contributed by atoms with van der Waals surface area (Å²) in [4.78, 5) is 4.43. The van der Waals surface area contributed by atoms with Crippen molar-refractivity contribution in [1.29, 1.82) is 0 Å². The number of aryl methyl sites for hydroxylation is 2. The fourth-order valence-electron chi connectivity index (χ4n) is 2.87. The van der Waals surface area contributed by atoms with E-state index in [0.29, 0.717) is 12.1 Å². The molecule has 0 aliphatic carbocycles. The van der Waals surface area contributed by atoms with E-state index in [2.05, 4.69) is 42.7 Å². The molecule has 108 valence electrons. The molecule has 0 radical (unpaired) electrons. The van der Waals surface area contributed by atoms with Gasteiger partial charge in [-0.1, -0.05) is 13.8 Å². The summed E-state index contributed by atoms with van der Waals surface area (Å²) < 4.78 is 7.95. The molecule has 0 aromatic carbocycles. The first-order chi connectivity index (χ1) is 9.03. The van der Waals surface area contributed by atoms with Crippen LogP contribution >= 0.6 is 0 Å². The first-order valence-corrected chi connectivity index (χ1v) is 7.35. The summed E-state index contributed by atoms with van der Waals surface area (Å²) in [7, 11) is 2.07. The van der Waals surface area contributed by atoms with E-state index in [-0.39, 0.29) is 5.41 Å². The zero-order valence-corrected chi connectivity index (χ0v) is 12.6. The van der Waals surface area contributed by atoms with Crippen LogP contribution in [-0.4, -0.2) is 34.8 Å². The molecule has 1 aromatic heterocycles. The van der Waals surface area contributed by atoms with Crippen molar-refractivity contribution < 1.29 is 4.74 Å². The van der Waals surface area contributed by atoms with Crippen molar-refractivity contribution in [3.63, 3.8) is 0 Å². The number of rotatable bonds is 6. The molecule has 1 saturated heterocycles. The smallest absolute Gasteiger partial charge is 0.108 e. The Morgan fingerprint density at radius 3 is 2.89 bits per heavy atom. The predicted molar refractivity (Wildman–Crippen MR) is 77.1 cm³/mol. The monoisotopic (exact) mass is 265 g/mol. The minimum atomic E-state index is 0.260. The molecule has 19 heavy (non-hydrogen) atoms. The highest BCUT2D eigenvalue weighted by Gasteiger charge is 2.41. The van der Waals surface area contributed by atoms with Crippen LogP contribution < -0.4 is 5.32 Å². The molecule has 2 atom stereocenters. The van der Waals surface area contributed by atoms with E-state index in [1.54, 1.807) is 0 Å². The van der Waals surface area contributed by atoms with E-state index in [4.69, 9.17) is 4.74 Å². The molecule has 0 bridgehead atoms. The second-order valence-electron chi connectivity index (χ2n) is 6.12. The zero-order valence-electron chi connectivity index (χ0n) is 12.6. The summed E-state index contributed by atoms with van der Waals surface area (Å²) in [5, 5.41) is 3.60. The minimum Gasteiger partial charge on any atom is -0.378 e. The van der Waals surface area contributed by atoms with Gasteiger partial charge >= 0.3 is 0 Å². The molecule has 1 aliphatic heterocycles. The van der Waals surface area contributed by atoms with Crippen LogP contribution in [0.4, 0.5) is 0 Å². The van der Waals surface area contributed by atoms with Crippen LogP contribution in [0.25, 0.3) is 0 Å². The maximum absolute atomic E-state index is 5.83. The highest BCUT2D eigenvalue weighted by atomic mass is 16.5. The van der Waals surface area contributed by atoms with Gasteiger partial charge in [-0.05, 0) is 19.8 Å². The maximum Gasteiger partial charge on any atom is 0.108 e. The van der Waals surface area contributed by atoms with Gasteiger partial charge in [0.2, 0.25) is 0 Å². The normalized spacial score (nSPS) is 27.3. The number of imidazole rings is 1. The number of ether oxygens (including phenoxy) is 1. The van der Waals surface area contributed by atoms with Crippen LogP contribution in [0, 0.1) is 5.41 Å². The second kappa shape index (κ2) is 6.06. The average Bonchev–Trinajstić information content (AvgIpc) is 2.92. The van der Waals surface area contributed by atoms with Gasteiger partial charge in [0, 0.05) is 50.5 Å². The summed E-state index contributed by atoms with van der Waals surface area (Å²) in [5.74, 6) is 1.17. The van der Waals surface area contributed by atoms with Gasteiger partial charge in [-0.2, -0.15) is 0 Å². The number of nitrogens with zero attached hydrogens (tertiary/aromatic N) is 2. The number of hydrogen-bond donors (Lipinski definition) is 1. The quantitative estimate of drug-likeness (QED) is 0.856. The standard InChI is InChI=1S/C15H27N3O/c1-12(2)17-11-15(7-10-19-13(15)3)6-5-14-16-8-9-18(14)4/h8-9,12-13,17H,5-7,10-11H2,1-4H3. The van der Waals surface area contributed by atoms with Crippen LogP contribution in [0.15, 0.2) is 12.4 Å². The van der Waals surface area contributed by atoms with Crippen molar-refractivity contribution >= 4 is 0 Å². The van der Waals surface area contributed by atoms with Gasteiger partial charge in [-0.25, -0.2) is 4.98 Å². The van der Waals surface area contributed by atoms with E-state index in [9.17, 15) is 0 Å². The van der Waals surface area contributed by atoms with Crippen molar-refractivity contribution in [1.82, 2.24) is 14.9 Å². The molecule has 2 heterocycles. The van der Waals surface area contributed by atoms with Crippen molar-refractivity contribution in [2.75, 3.05) is 13.2 Å². The van der Waals surface area contributed by atoms with Gasteiger partial charge in [0.25, 0.3) is 0 Å². The van der Waals surface area contributed by atoms with Crippen molar-refractivity contribution in [2.24, 2.45) is 12.5 Å². The molecule has 1 aromatic rings. The van der Waals surface area contributed by atoms with Gasteiger partial charge in [0.1, 0.15) is 5.82 Å². The van der Waals surface area contributed by atoms with Crippen LogP contribution in [-0.2, 0) is 18.2 Å². The summed E-state index contributed by atoms with van der Waals surface area (Å²) >= 11 is 0. The molecular weight excluding hydrogens is 238 g/mol. The Kier molecular flexibility index (Phi) is 4.63. The Morgan fingerprint density at radius 1 is 1.58 bits per heavy atom. The van der Waals surface area contributed by atoms with E-state index in [0.717, 1.165) is 32.4 Å². The van der Waals surface area contributed by atoms with Gasteiger partial charge < -0.3 is 14.6 Å². The molecule has 1 fully saturated rings. The molecular formula is C15H27N3O. The number of aromatic nitrogens is 2. The number of nitrogens with one attached hydrogen (secondary N) is 1. The lowest BCUT2D eigenvalue weighted by Crippen LogP contribution is -2.42. The maximum atomic E-state index is 5.83. The minimum absolute atomic E-state index is 0.260. The fourth-order valence-corrected chi connectivity index (χ4v) is 2.87. The van der Waals surface area contributed by atoms with Crippen LogP contribution in [0.5, 0.6) is 0 Å². The molecule has 1 aliphatic rings. The lowest BCUT2D eigenvalue weighted by molar-refractivity contribution is 0.0573. The molecule has 0 spiro atoms. The van der Waals surface area contributed by atoms with E-state index in [1.165, 1.54) is 5.82 Å². The Morgan fingerprint density at radius 2 is 2.37 bits per heavy atom. The molecule has 0 amide bonds. The average molecular weight is 265 g/mol. The van der Waals surface area contributed by atoms with Gasteiger partial charge in [0.15, 0.2) is 0 Å².